The molecule has 0 saturated heterocycles. The molecule has 0 bridgehead atoms. The van der Waals surface area contributed by atoms with Gasteiger partial charge in [0.05, 0.1) is 28.6 Å². The Morgan fingerprint density at radius 3 is 2.88 bits per heavy atom. The molecule has 1 atom stereocenters. The Hall–Kier alpha value is -0.650. The van der Waals surface area contributed by atoms with Crippen LogP contribution < -0.4 is 5.32 Å². The van der Waals surface area contributed by atoms with Crippen LogP contribution in [-0.2, 0) is 0 Å². The van der Waals surface area contributed by atoms with Crippen molar-refractivity contribution in [2.45, 2.75) is 40.2 Å². The van der Waals surface area contributed by atoms with E-state index in [0.29, 0.717) is 6.04 Å². The van der Waals surface area contributed by atoms with Crippen LogP contribution >= 0.6 is 22.9 Å². The van der Waals surface area contributed by atoms with Crippen LogP contribution in [0.25, 0.3) is 0 Å². The first kappa shape index (κ1) is 13.4. The first-order chi connectivity index (χ1) is 7.60. The topological polar surface area (TPSA) is 37.3 Å². The summed E-state index contributed by atoms with van der Waals surface area (Å²) in [4.78, 5) is 4.40. The monoisotopic (exact) mass is 331 g/mol. The number of anilines is 1. The average molecular weight is 331 g/mol. The Labute approximate surface area is 111 Å². The Bertz CT molecular complexity index is 388. The molecule has 0 spiro atoms. The maximum Gasteiger partial charge on any atom is 0.135 e. The molecule has 88 valence electrons. The zero-order valence-corrected chi connectivity index (χ0v) is 12.4. The Kier molecular flexibility index (Phi) is 5.18. The third-order valence-electron chi connectivity index (χ3n) is 2.64. The van der Waals surface area contributed by atoms with Crippen molar-refractivity contribution in [2.75, 3.05) is 5.32 Å². The molecule has 1 unspecified atom stereocenters. The van der Waals surface area contributed by atoms with E-state index in [9.17, 15) is 0 Å². The van der Waals surface area contributed by atoms with Crippen LogP contribution in [0.2, 0.25) is 0 Å². The number of hydrogen-bond acceptors (Lipinski definition) is 3. The second kappa shape index (κ2) is 6.18. The van der Waals surface area contributed by atoms with Gasteiger partial charge < -0.3 is 5.32 Å². The summed E-state index contributed by atoms with van der Waals surface area (Å²) < 4.78 is 4.22. The normalized spacial score (nSPS) is 13.7. The summed E-state index contributed by atoms with van der Waals surface area (Å²) in [6, 6.07) is 2.44. The molecule has 0 radical (unpaired) electrons. The summed E-state index contributed by atoms with van der Waals surface area (Å²) >= 11 is 2.03. The first-order valence-electron chi connectivity index (χ1n) is 5.48. The molecule has 1 aromatic heterocycles. The van der Waals surface area contributed by atoms with Crippen molar-refractivity contribution in [3.05, 3.63) is 23.4 Å². The summed E-state index contributed by atoms with van der Waals surface area (Å²) in [5.41, 5.74) is 3.34. The lowest BCUT2D eigenvalue weighted by Crippen LogP contribution is -2.17. The highest BCUT2D eigenvalue weighted by molar-refractivity contribution is 14.1. The average Bonchev–Trinajstić information content (AvgIpc) is 2.28. The predicted molar refractivity (Wildman–Crippen MR) is 78.6 cm³/mol. The van der Waals surface area contributed by atoms with Gasteiger partial charge in [-0.3, -0.25) is 0 Å². The van der Waals surface area contributed by atoms with E-state index in [4.69, 9.17) is 0 Å². The van der Waals surface area contributed by atoms with E-state index >= 15 is 0 Å². The smallest absolute Gasteiger partial charge is 0.135 e. The number of nitrogens with one attached hydrogen (secondary N) is 1. The number of hydrogen-bond donors (Lipinski definition) is 1. The molecule has 0 aromatic carbocycles. The van der Waals surface area contributed by atoms with Gasteiger partial charge >= 0.3 is 0 Å². The van der Waals surface area contributed by atoms with Gasteiger partial charge in [0.15, 0.2) is 0 Å². The fourth-order valence-electron chi connectivity index (χ4n) is 1.50. The van der Waals surface area contributed by atoms with Gasteiger partial charge in [-0.25, -0.2) is 8.19 Å². The van der Waals surface area contributed by atoms with Crippen LogP contribution in [0.1, 0.15) is 38.3 Å². The molecule has 1 rings (SSSR count). The summed E-state index contributed by atoms with van der Waals surface area (Å²) in [5.74, 6) is 0.937. The van der Waals surface area contributed by atoms with Crippen molar-refractivity contribution >= 4 is 34.4 Å². The lowest BCUT2D eigenvalue weighted by molar-refractivity contribution is 0.758. The van der Waals surface area contributed by atoms with E-state index in [2.05, 4.69) is 34.3 Å². The molecule has 0 aliphatic carbocycles. The number of aromatic nitrogens is 1. The third kappa shape index (κ3) is 3.17. The van der Waals surface area contributed by atoms with Crippen molar-refractivity contribution in [3.8, 4) is 0 Å². The highest BCUT2D eigenvalue weighted by Crippen LogP contribution is 2.19. The van der Waals surface area contributed by atoms with Crippen LogP contribution in [0.4, 0.5) is 5.82 Å². The molecule has 0 saturated carbocycles. The lowest BCUT2D eigenvalue weighted by Gasteiger charge is -2.16. The minimum atomic E-state index is 0.426. The molecular formula is C12H18IN3. The van der Waals surface area contributed by atoms with Crippen molar-refractivity contribution in [2.24, 2.45) is 3.21 Å². The van der Waals surface area contributed by atoms with Crippen molar-refractivity contribution in [3.63, 3.8) is 0 Å². The van der Waals surface area contributed by atoms with E-state index in [-0.39, 0.29) is 0 Å². The van der Waals surface area contributed by atoms with Crippen LogP contribution in [0.3, 0.4) is 0 Å². The quantitative estimate of drug-likeness (QED) is 0.674. The van der Waals surface area contributed by atoms with Gasteiger partial charge in [0.2, 0.25) is 0 Å². The first-order valence-corrected chi connectivity index (χ1v) is 6.44. The van der Waals surface area contributed by atoms with E-state index in [1.807, 2.05) is 42.1 Å². The number of pyridine rings is 1. The SMILES string of the molecule is CCC(C)Nc1nccc(C)c1C(C)=NI. The summed E-state index contributed by atoms with van der Waals surface area (Å²) in [7, 11) is 0. The molecule has 3 nitrogen and oxygen atoms in total. The van der Waals surface area contributed by atoms with Crippen LogP contribution in [0.15, 0.2) is 15.5 Å². The van der Waals surface area contributed by atoms with Gasteiger partial charge in [0, 0.05) is 17.8 Å². The number of nitrogens with zero attached hydrogens (tertiary/aromatic N) is 2. The molecule has 0 aliphatic heterocycles. The minimum Gasteiger partial charge on any atom is -0.367 e. The largest absolute Gasteiger partial charge is 0.367 e. The summed E-state index contributed by atoms with van der Waals surface area (Å²) in [6.07, 6.45) is 2.92. The fraction of sp³-hybridized carbons (Fsp3) is 0.500. The molecule has 0 aliphatic rings. The van der Waals surface area contributed by atoms with Crippen LogP contribution in [-0.4, -0.2) is 16.7 Å². The molecule has 1 heterocycles. The highest BCUT2D eigenvalue weighted by atomic mass is 127. The van der Waals surface area contributed by atoms with Gasteiger partial charge in [0.1, 0.15) is 5.82 Å². The standard InChI is InChI=1S/C12H18IN3/c1-5-9(3)15-12-11(10(4)16-13)8(2)6-7-14-12/h6-7,9H,5H2,1-4H3,(H,14,15). The van der Waals surface area contributed by atoms with Crippen molar-refractivity contribution in [1.82, 2.24) is 4.98 Å². The maximum atomic E-state index is 4.40. The lowest BCUT2D eigenvalue weighted by atomic mass is 10.1. The summed E-state index contributed by atoms with van der Waals surface area (Å²) in [6.45, 7) is 8.42. The molecular weight excluding hydrogens is 313 g/mol. The Morgan fingerprint density at radius 1 is 1.62 bits per heavy atom. The van der Waals surface area contributed by atoms with Gasteiger partial charge in [0.25, 0.3) is 0 Å². The second-order valence-electron chi connectivity index (χ2n) is 3.98. The van der Waals surface area contributed by atoms with Gasteiger partial charge in [-0.2, -0.15) is 0 Å². The van der Waals surface area contributed by atoms with Crippen molar-refractivity contribution < 1.29 is 0 Å². The van der Waals surface area contributed by atoms with Gasteiger partial charge in [-0.05, 0) is 38.8 Å². The van der Waals surface area contributed by atoms with E-state index < -0.39 is 0 Å². The molecule has 0 fully saturated rings. The van der Waals surface area contributed by atoms with Crippen LogP contribution in [0, 0.1) is 6.92 Å². The zero-order valence-electron chi connectivity index (χ0n) is 10.2. The van der Waals surface area contributed by atoms with E-state index in [1.165, 1.54) is 5.56 Å². The van der Waals surface area contributed by atoms with E-state index in [0.717, 1.165) is 23.5 Å². The highest BCUT2D eigenvalue weighted by Gasteiger charge is 2.11. The second-order valence-corrected chi connectivity index (χ2v) is 4.46. The predicted octanol–water partition coefficient (Wildman–Crippen LogP) is 3.76. The maximum absolute atomic E-state index is 4.40. The molecule has 4 heteroatoms. The molecule has 16 heavy (non-hydrogen) atoms. The molecule has 0 amide bonds. The van der Waals surface area contributed by atoms with Gasteiger partial charge in [-0.15, -0.1) is 0 Å². The number of rotatable bonds is 4. The van der Waals surface area contributed by atoms with Crippen LogP contribution in [0.5, 0.6) is 0 Å². The van der Waals surface area contributed by atoms with Crippen molar-refractivity contribution in [1.29, 1.82) is 0 Å². The number of aryl methyl sites for hydroxylation is 1. The Balaban J connectivity index is 3.13. The summed E-state index contributed by atoms with van der Waals surface area (Å²) in [5, 5.41) is 3.42. The third-order valence-corrected chi connectivity index (χ3v) is 3.37. The Morgan fingerprint density at radius 2 is 2.31 bits per heavy atom. The molecule has 1 aromatic rings. The van der Waals surface area contributed by atoms with Gasteiger partial charge in [-0.1, -0.05) is 6.92 Å². The molecule has 1 N–H and O–H groups in total. The number of halogens is 1. The minimum absolute atomic E-state index is 0.426. The fourth-order valence-corrected chi connectivity index (χ4v) is 1.74. The zero-order chi connectivity index (χ0) is 12.1. The van der Waals surface area contributed by atoms with E-state index in [1.54, 1.807) is 0 Å².